The molecule has 13 heteroatoms. The van der Waals surface area contributed by atoms with Crippen molar-refractivity contribution in [3.63, 3.8) is 0 Å². The molecule has 0 fully saturated rings. The number of rotatable bonds is 8. The lowest BCUT2D eigenvalue weighted by atomic mass is 9.88. The van der Waals surface area contributed by atoms with Crippen LogP contribution >= 0.6 is 11.6 Å². The van der Waals surface area contributed by atoms with Gasteiger partial charge in [-0.05, 0) is 67.4 Å². The summed E-state index contributed by atoms with van der Waals surface area (Å²) >= 11 is 6.36. The molecule has 2 heterocycles. The fourth-order valence-electron chi connectivity index (χ4n) is 5.75. The van der Waals surface area contributed by atoms with E-state index in [1.807, 2.05) is 105 Å². The van der Waals surface area contributed by atoms with Crippen molar-refractivity contribution >= 4 is 46.1 Å². The quantitative estimate of drug-likeness (QED) is 0.178. The number of carbonyl (C=O) groups excluding carboxylic acids is 2. The van der Waals surface area contributed by atoms with Crippen molar-refractivity contribution in [3.8, 4) is 0 Å². The molecule has 1 aliphatic heterocycles. The molecule has 5 rings (SSSR count). The van der Waals surface area contributed by atoms with E-state index in [2.05, 4.69) is 20.5 Å². The molecule has 250 valence electrons. The van der Waals surface area contributed by atoms with Crippen LogP contribution in [0.15, 0.2) is 79.0 Å². The maximum absolute atomic E-state index is 14.5. The number of hydrogen-bond acceptors (Lipinski definition) is 4. The second-order valence-corrected chi connectivity index (χ2v) is 12.2. The number of para-hydroxylation sites is 1. The zero-order valence-electron chi connectivity index (χ0n) is 26.1. The van der Waals surface area contributed by atoms with Crippen molar-refractivity contribution in [1.29, 1.82) is 0 Å². The fraction of sp³-hybridized carbons (Fsp3) is 0.324. The first-order chi connectivity index (χ1) is 22.2. The van der Waals surface area contributed by atoms with E-state index in [9.17, 15) is 22.8 Å². The Bertz CT molecular complexity index is 1700. The minimum Gasteiger partial charge on any atom is -0.475 e. The third-order valence-corrected chi connectivity index (χ3v) is 8.11. The predicted molar refractivity (Wildman–Crippen MR) is 176 cm³/mol. The lowest BCUT2D eigenvalue weighted by Gasteiger charge is -2.38. The molecule has 0 saturated carbocycles. The average Bonchev–Trinajstić information content (AvgIpc) is 3.46. The van der Waals surface area contributed by atoms with E-state index < -0.39 is 18.2 Å². The highest BCUT2D eigenvalue weighted by Gasteiger charge is 2.39. The van der Waals surface area contributed by atoms with Gasteiger partial charge in [-0.1, -0.05) is 67.1 Å². The number of nitrogens with one attached hydrogen (secondary N) is 3. The Balaban J connectivity index is 0.000000644. The van der Waals surface area contributed by atoms with Gasteiger partial charge in [0, 0.05) is 53.4 Å². The number of carbonyl (C=O) groups is 3. The van der Waals surface area contributed by atoms with Crippen molar-refractivity contribution < 1.29 is 32.7 Å². The Morgan fingerprint density at radius 2 is 1.72 bits per heavy atom. The molecule has 3 atom stereocenters. The molecule has 4 aromatic rings. The van der Waals surface area contributed by atoms with Gasteiger partial charge in [0.15, 0.2) is 0 Å². The molecule has 0 spiro atoms. The van der Waals surface area contributed by atoms with Gasteiger partial charge in [0.2, 0.25) is 5.91 Å². The summed E-state index contributed by atoms with van der Waals surface area (Å²) in [7, 11) is 4.08. The van der Waals surface area contributed by atoms with Crippen LogP contribution in [0, 0.1) is 5.92 Å². The summed E-state index contributed by atoms with van der Waals surface area (Å²) < 4.78 is 31.7. The molecule has 1 aliphatic rings. The van der Waals surface area contributed by atoms with Crippen LogP contribution < -0.4 is 15.5 Å². The first kappa shape index (κ1) is 35.3. The summed E-state index contributed by atoms with van der Waals surface area (Å²) in [5, 5.41) is 14.8. The number of alkyl halides is 3. The number of nitrogens with zero attached hydrogens (tertiary/aromatic N) is 2. The Labute approximate surface area is 275 Å². The Kier molecular flexibility index (Phi) is 11.5. The van der Waals surface area contributed by atoms with Gasteiger partial charge in [-0.25, -0.2) is 9.59 Å². The molecule has 4 N–H and O–H groups in total. The molecule has 0 bridgehead atoms. The summed E-state index contributed by atoms with van der Waals surface area (Å²) in [5.74, 6) is -2.95. The number of halogens is 4. The zero-order chi connectivity index (χ0) is 34.3. The van der Waals surface area contributed by atoms with Crippen LogP contribution in [-0.4, -0.2) is 72.3 Å². The van der Waals surface area contributed by atoms with E-state index in [-0.39, 0.29) is 23.8 Å². The molecule has 9 nitrogen and oxygen atoms in total. The summed E-state index contributed by atoms with van der Waals surface area (Å²) in [6.45, 7) is 3.77. The minimum absolute atomic E-state index is 0.139. The number of aromatic amines is 1. The highest BCUT2D eigenvalue weighted by atomic mass is 35.5. The summed E-state index contributed by atoms with van der Waals surface area (Å²) in [6.07, 6.45) is -2.30. The second kappa shape index (κ2) is 15.4. The smallest absolute Gasteiger partial charge is 0.475 e. The van der Waals surface area contributed by atoms with Crippen molar-refractivity contribution in [2.75, 3.05) is 32.1 Å². The molecule has 3 amide bonds. The predicted octanol–water partition coefficient (Wildman–Crippen LogP) is 6.19. The van der Waals surface area contributed by atoms with Gasteiger partial charge in [-0.2, -0.15) is 13.2 Å². The monoisotopic (exact) mass is 671 g/mol. The van der Waals surface area contributed by atoms with E-state index in [4.69, 9.17) is 21.5 Å². The molecular weight excluding hydrogens is 635 g/mol. The van der Waals surface area contributed by atoms with Crippen molar-refractivity contribution in [1.82, 2.24) is 20.5 Å². The molecule has 0 radical (unpaired) electrons. The molecule has 2 unspecified atom stereocenters. The van der Waals surface area contributed by atoms with Gasteiger partial charge in [0.05, 0.1) is 0 Å². The van der Waals surface area contributed by atoms with Gasteiger partial charge in [0.1, 0.15) is 6.04 Å². The maximum Gasteiger partial charge on any atom is 0.490 e. The van der Waals surface area contributed by atoms with E-state index in [1.54, 1.807) is 0 Å². The Morgan fingerprint density at radius 1 is 1.06 bits per heavy atom. The number of amides is 3. The van der Waals surface area contributed by atoms with Crippen LogP contribution in [0.3, 0.4) is 0 Å². The minimum atomic E-state index is -5.08. The number of carboxylic acid groups (broad SMARTS) is 1. The molecule has 3 aromatic carbocycles. The number of urea groups is 1. The maximum atomic E-state index is 14.5. The highest BCUT2D eigenvalue weighted by Crippen LogP contribution is 2.35. The number of aliphatic carboxylic acids is 1. The zero-order valence-corrected chi connectivity index (χ0v) is 26.9. The largest absolute Gasteiger partial charge is 0.490 e. The molecule has 0 aliphatic carbocycles. The Morgan fingerprint density at radius 3 is 2.38 bits per heavy atom. The van der Waals surface area contributed by atoms with E-state index in [0.717, 1.165) is 46.2 Å². The number of anilines is 1. The number of hydrogen-bond donors (Lipinski definition) is 4. The van der Waals surface area contributed by atoms with Crippen LogP contribution in [0.4, 0.5) is 23.7 Å². The van der Waals surface area contributed by atoms with E-state index >= 15 is 0 Å². The SMILES string of the molecule is CC(c1c[nH]c2ccccc12)C(NC(=O)NCc1ccccc1)C(=O)N1C[C@@H](CN(C)C)Cc2cc(Cl)ccc21.O=C(O)C(F)(F)F. The Hall–Kier alpha value is -4.55. The third-order valence-electron chi connectivity index (χ3n) is 7.87. The summed E-state index contributed by atoms with van der Waals surface area (Å²) in [4.78, 5) is 43.9. The number of carboxylic acids is 1. The van der Waals surface area contributed by atoms with Gasteiger partial charge >= 0.3 is 18.2 Å². The normalized spacial score (nSPS) is 15.7. The fourth-order valence-corrected chi connectivity index (χ4v) is 5.94. The van der Waals surface area contributed by atoms with E-state index in [1.165, 1.54) is 0 Å². The van der Waals surface area contributed by atoms with Crippen molar-refractivity contribution in [2.45, 2.75) is 38.0 Å². The number of H-pyrrole nitrogens is 1. The second-order valence-electron chi connectivity index (χ2n) is 11.7. The van der Waals surface area contributed by atoms with Crippen molar-refractivity contribution in [3.05, 3.63) is 101 Å². The van der Waals surface area contributed by atoms with Crippen LogP contribution in [-0.2, 0) is 22.6 Å². The van der Waals surface area contributed by atoms with Gasteiger partial charge in [-0.3, -0.25) is 4.79 Å². The first-order valence-corrected chi connectivity index (χ1v) is 15.3. The van der Waals surface area contributed by atoms with Crippen molar-refractivity contribution in [2.24, 2.45) is 5.92 Å². The molecule has 0 saturated heterocycles. The van der Waals surface area contributed by atoms with Crippen LogP contribution in [0.1, 0.15) is 29.5 Å². The van der Waals surface area contributed by atoms with Gasteiger partial charge in [-0.15, -0.1) is 0 Å². The molecule has 47 heavy (non-hydrogen) atoms. The lowest BCUT2D eigenvalue weighted by molar-refractivity contribution is -0.192. The van der Waals surface area contributed by atoms with Gasteiger partial charge in [0.25, 0.3) is 0 Å². The first-order valence-electron chi connectivity index (χ1n) is 14.9. The molecular formula is C34H37ClF3N5O4. The summed E-state index contributed by atoms with van der Waals surface area (Å²) in [5.41, 5.74) is 4.86. The standard InChI is InChI=1S/C32H36ClN5O2.C2HF3O2/c1-21(27-18-34-28-12-8-7-11-26(27)28)30(36-32(40)35-17-22-9-5-4-6-10-22)31(39)38-20-23(19-37(2)3)15-24-16-25(33)13-14-29(24)38;3-2(4,5)1(6)7/h4-14,16,18,21,23,30,34H,15,17,19-20H2,1-3H3,(H2,35,36,40);(H,6,7)/t21?,23-,30?;/m1./s1. The van der Waals surface area contributed by atoms with Crippen LogP contribution in [0.2, 0.25) is 5.02 Å². The summed E-state index contributed by atoms with van der Waals surface area (Å²) in [6, 6.07) is 22.3. The lowest BCUT2D eigenvalue weighted by Crippen LogP contribution is -2.55. The number of benzene rings is 3. The molecule has 1 aromatic heterocycles. The topological polar surface area (TPSA) is 118 Å². The number of aromatic nitrogens is 1. The highest BCUT2D eigenvalue weighted by molar-refractivity contribution is 6.30. The van der Waals surface area contributed by atoms with Gasteiger partial charge < -0.3 is 30.5 Å². The average molecular weight is 672 g/mol. The van der Waals surface area contributed by atoms with Crippen LogP contribution in [0.5, 0.6) is 0 Å². The number of fused-ring (bicyclic) bond motifs is 2. The third kappa shape index (κ3) is 9.26. The van der Waals surface area contributed by atoms with Crippen LogP contribution in [0.25, 0.3) is 10.9 Å². The van der Waals surface area contributed by atoms with E-state index in [0.29, 0.717) is 18.1 Å².